The molecule has 31 heavy (non-hydrogen) atoms. The summed E-state index contributed by atoms with van der Waals surface area (Å²) in [7, 11) is 0. The maximum atomic E-state index is 12.8. The van der Waals surface area contributed by atoms with E-state index in [0.29, 0.717) is 35.1 Å². The van der Waals surface area contributed by atoms with Gasteiger partial charge in [0.25, 0.3) is 11.1 Å². The number of hydrogen-bond donors (Lipinski definition) is 1. The number of amides is 3. The third-order valence-electron chi connectivity index (χ3n) is 4.57. The highest BCUT2D eigenvalue weighted by molar-refractivity contribution is 8.18. The molecule has 8 nitrogen and oxygen atoms in total. The Morgan fingerprint density at radius 3 is 2.74 bits per heavy atom. The molecule has 0 atom stereocenters. The van der Waals surface area contributed by atoms with Crippen molar-refractivity contribution >= 4 is 40.6 Å². The summed E-state index contributed by atoms with van der Waals surface area (Å²) >= 11 is 0.778. The number of thioether (sulfide) groups is 1. The molecule has 0 aliphatic carbocycles. The van der Waals surface area contributed by atoms with Crippen LogP contribution in [0.1, 0.15) is 18.1 Å². The second-order valence-electron chi connectivity index (χ2n) is 6.86. The Morgan fingerprint density at radius 2 is 2.00 bits per heavy atom. The van der Waals surface area contributed by atoms with Crippen LogP contribution in [0.5, 0.6) is 17.2 Å². The van der Waals surface area contributed by atoms with E-state index in [-0.39, 0.29) is 18.2 Å². The summed E-state index contributed by atoms with van der Waals surface area (Å²) in [5.41, 5.74) is 2.18. The fourth-order valence-corrected chi connectivity index (χ4v) is 4.01. The maximum Gasteiger partial charge on any atom is 0.294 e. The first kappa shape index (κ1) is 20.8. The second-order valence-corrected chi connectivity index (χ2v) is 7.86. The molecule has 2 aliphatic rings. The standard InChI is InChI=1S/C22H20N2O6S/c1-3-28-16-10-18-17(29-12-30-18)8-14(16)9-19-21(26)24(22(27)31-19)11-20(25)23-15-6-4-5-13(2)7-15/h4-10H,3,11-12H2,1-2H3,(H,23,25)/b19-9+. The van der Waals surface area contributed by atoms with Crippen LogP contribution in [-0.2, 0) is 9.59 Å². The quantitative estimate of drug-likeness (QED) is 0.683. The van der Waals surface area contributed by atoms with Crippen molar-refractivity contribution in [3.8, 4) is 17.2 Å². The highest BCUT2D eigenvalue weighted by atomic mass is 32.2. The highest BCUT2D eigenvalue weighted by Crippen LogP contribution is 2.41. The van der Waals surface area contributed by atoms with Gasteiger partial charge in [-0.15, -0.1) is 0 Å². The Labute approximate surface area is 183 Å². The molecule has 1 saturated heterocycles. The van der Waals surface area contributed by atoms with E-state index in [1.165, 1.54) is 0 Å². The molecule has 2 aliphatic heterocycles. The van der Waals surface area contributed by atoms with Crippen LogP contribution in [0, 0.1) is 6.92 Å². The normalized spacial score (nSPS) is 16.2. The number of benzene rings is 2. The van der Waals surface area contributed by atoms with Gasteiger partial charge in [0.15, 0.2) is 11.5 Å². The van der Waals surface area contributed by atoms with Crippen molar-refractivity contribution in [1.29, 1.82) is 0 Å². The zero-order valence-corrected chi connectivity index (χ0v) is 17.8. The third-order valence-corrected chi connectivity index (χ3v) is 5.48. The topological polar surface area (TPSA) is 94.2 Å². The summed E-state index contributed by atoms with van der Waals surface area (Å²) in [6, 6.07) is 10.7. The van der Waals surface area contributed by atoms with Crippen LogP contribution in [0.3, 0.4) is 0 Å². The number of imide groups is 1. The van der Waals surface area contributed by atoms with Gasteiger partial charge in [0.1, 0.15) is 12.3 Å². The van der Waals surface area contributed by atoms with E-state index in [9.17, 15) is 14.4 Å². The van der Waals surface area contributed by atoms with Crippen molar-refractivity contribution in [2.75, 3.05) is 25.3 Å². The summed E-state index contributed by atoms with van der Waals surface area (Å²) in [5, 5.41) is 2.20. The van der Waals surface area contributed by atoms with Crippen molar-refractivity contribution in [1.82, 2.24) is 4.90 Å². The van der Waals surface area contributed by atoms with Crippen LogP contribution in [-0.4, -0.2) is 41.9 Å². The lowest BCUT2D eigenvalue weighted by Crippen LogP contribution is -2.36. The number of fused-ring (bicyclic) bond motifs is 1. The van der Waals surface area contributed by atoms with Gasteiger partial charge in [-0.3, -0.25) is 19.3 Å². The molecular formula is C22H20N2O6S. The molecule has 2 aromatic rings. The van der Waals surface area contributed by atoms with E-state index < -0.39 is 17.1 Å². The monoisotopic (exact) mass is 440 g/mol. The molecule has 2 aromatic carbocycles. The van der Waals surface area contributed by atoms with Crippen LogP contribution >= 0.6 is 11.8 Å². The molecule has 0 radical (unpaired) electrons. The first-order valence-electron chi connectivity index (χ1n) is 9.63. The molecule has 0 spiro atoms. The summed E-state index contributed by atoms with van der Waals surface area (Å²) in [5.74, 6) is 0.616. The van der Waals surface area contributed by atoms with E-state index >= 15 is 0 Å². The summed E-state index contributed by atoms with van der Waals surface area (Å²) < 4.78 is 16.4. The molecule has 160 valence electrons. The first-order chi connectivity index (χ1) is 14.9. The third kappa shape index (κ3) is 4.51. The van der Waals surface area contributed by atoms with Gasteiger partial charge in [-0.25, -0.2) is 0 Å². The lowest BCUT2D eigenvalue weighted by molar-refractivity contribution is -0.127. The van der Waals surface area contributed by atoms with Crippen LogP contribution in [0.25, 0.3) is 6.08 Å². The second kappa shape index (κ2) is 8.73. The maximum absolute atomic E-state index is 12.8. The number of anilines is 1. The molecule has 0 aromatic heterocycles. The Morgan fingerprint density at radius 1 is 1.23 bits per heavy atom. The van der Waals surface area contributed by atoms with Crippen molar-refractivity contribution in [2.45, 2.75) is 13.8 Å². The number of ether oxygens (including phenoxy) is 3. The molecular weight excluding hydrogens is 420 g/mol. The minimum absolute atomic E-state index is 0.108. The Kier molecular flexibility index (Phi) is 5.85. The molecule has 1 N–H and O–H groups in total. The fourth-order valence-electron chi connectivity index (χ4n) is 3.18. The van der Waals surface area contributed by atoms with Crippen LogP contribution in [0.15, 0.2) is 41.3 Å². The van der Waals surface area contributed by atoms with Gasteiger partial charge < -0.3 is 19.5 Å². The molecule has 0 saturated carbocycles. The van der Waals surface area contributed by atoms with Crippen molar-refractivity contribution < 1.29 is 28.6 Å². The van der Waals surface area contributed by atoms with E-state index in [1.54, 1.807) is 30.3 Å². The number of carbonyl (C=O) groups excluding carboxylic acids is 3. The first-order valence-corrected chi connectivity index (χ1v) is 10.4. The van der Waals surface area contributed by atoms with Crippen LogP contribution in [0.4, 0.5) is 10.5 Å². The van der Waals surface area contributed by atoms with E-state index in [0.717, 1.165) is 22.2 Å². The van der Waals surface area contributed by atoms with E-state index in [2.05, 4.69) is 5.32 Å². The average Bonchev–Trinajstić information content (AvgIpc) is 3.28. The van der Waals surface area contributed by atoms with Crippen molar-refractivity contribution in [2.24, 2.45) is 0 Å². The number of hydrogen-bond acceptors (Lipinski definition) is 7. The van der Waals surface area contributed by atoms with Gasteiger partial charge in [-0.05, 0) is 55.4 Å². The number of nitrogens with zero attached hydrogens (tertiary/aromatic N) is 1. The van der Waals surface area contributed by atoms with Gasteiger partial charge in [-0.2, -0.15) is 0 Å². The van der Waals surface area contributed by atoms with Gasteiger partial charge in [0.05, 0.1) is 11.5 Å². The highest BCUT2D eigenvalue weighted by Gasteiger charge is 2.36. The Balaban J connectivity index is 1.52. The minimum Gasteiger partial charge on any atom is -0.493 e. The van der Waals surface area contributed by atoms with Crippen molar-refractivity contribution in [3.63, 3.8) is 0 Å². The molecule has 4 rings (SSSR count). The molecule has 0 bridgehead atoms. The number of carbonyl (C=O) groups is 3. The molecule has 0 unspecified atom stereocenters. The van der Waals surface area contributed by atoms with Gasteiger partial charge in [0.2, 0.25) is 12.7 Å². The zero-order chi connectivity index (χ0) is 22.0. The predicted octanol–water partition coefficient (Wildman–Crippen LogP) is 3.80. The lowest BCUT2D eigenvalue weighted by Gasteiger charge is -2.13. The number of aryl methyl sites for hydroxylation is 1. The summed E-state index contributed by atoms with van der Waals surface area (Å²) in [6.07, 6.45) is 1.57. The molecule has 1 fully saturated rings. The van der Waals surface area contributed by atoms with Crippen molar-refractivity contribution in [3.05, 3.63) is 52.4 Å². The van der Waals surface area contributed by atoms with Gasteiger partial charge in [-0.1, -0.05) is 12.1 Å². The summed E-state index contributed by atoms with van der Waals surface area (Å²) in [4.78, 5) is 38.7. The fraction of sp³-hybridized carbons (Fsp3) is 0.227. The largest absolute Gasteiger partial charge is 0.493 e. The smallest absolute Gasteiger partial charge is 0.294 e. The molecule has 2 heterocycles. The van der Waals surface area contributed by atoms with Crippen LogP contribution < -0.4 is 19.5 Å². The molecule has 9 heteroatoms. The van der Waals surface area contributed by atoms with E-state index in [1.807, 2.05) is 26.0 Å². The average molecular weight is 440 g/mol. The Bertz CT molecular complexity index is 1100. The summed E-state index contributed by atoms with van der Waals surface area (Å²) in [6.45, 7) is 3.91. The number of rotatable bonds is 6. The lowest BCUT2D eigenvalue weighted by atomic mass is 10.1. The predicted molar refractivity (Wildman–Crippen MR) is 116 cm³/mol. The Hall–Kier alpha value is -3.46. The zero-order valence-electron chi connectivity index (χ0n) is 17.0. The van der Waals surface area contributed by atoms with Gasteiger partial charge >= 0.3 is 0 Å². The van der Waals surface area contributed by atoms with Crippen LogP contribution in [0.2, 0.25) is 0 Å². The molecule has 3 amide bonds. The van der Waals surface area contributed by atoms with E-state index in [4.69, 9.17) is 14.2 Å². The minimum atomic E-state index is -0.533. The van der Waals surface area contributed by atoms with Gasteiger partial charge in [0, 0.05) is 17.3 Å². The number of nitrogens with one attached hydrogen (secondary N) is 1. The SMILES string of the molecule is CCOc1cc2c(cc1/C=C1/SC(=O)N(CC(=O)Nc3cccc(C)c3)C1=O)OCO2.